The summed E-state index contributed by atoms with van der Waals surface area (Å²) in [5.41, 5.74) is 2.31. The van der Waals surface area contributed by atoms with Crippen LogP contribution in [0.1, 0.15) is 6.42 Å². The molecule has 5 rings (SSSR count). The molecule has 0 fully saturated rings. The lowest BCUT2D eigenvalue weighted by atomic mass is 10.1. The minimum absolute atomic E-state index is 0.0175. The first kappa shape index (κ1) is 20.9. The smallest absolute Gasteiger partial charge is 0.352 e. The van der Waals surface area contributed by atoms with Crippen molar-refractivity contribution in [1.29, 1.82) is 0 Å². The molecule has 1 aliphatic heterocycles. The molecule has 3 aromatic carbocycles. The molecule has 1 aromatic heterocycles. The number of carbonyl (C=O) groups is 2. The third-order valence-corrected chi connectivity index (χ3v) is 5.66. The minimum Gasteiger partial charge on any atom is -0.507 e. The number of carboxylic acid groups (broad SMARTS) is 1. The number of aromatic amines is 1. The van der Waals surface area contributed by atoms with E-state index in [0.717, 1.165) is 28.1 Å². The molecule has 1 amide bonds. The van der Waals surface area contributed by atoms with Gasteiger partial charge in [-0.2, -0.15) is 10.1 Å². The van der Waals surface area contributed by atoms with Crippen molar-refractivity contribution in [3.8, 4) is 17.1 Å². The second kappa shape index (κ2) is 8.18. The van der Waals surface area contributed by atoms with Gasteiger partial charge >= 0.3 is 5.97 Å². The Morgan fingerprint density at radius 1 is 1.12 bits per heavy atom. The molecule has 0 radical (unpaired) electrons. The minimum atomic E-state index is -1.22. The highest BCUT2D eigenvalue weighted by Crippen LogP contribution is 2.36. The van der Waals surface area contributed by atoms with Crippen LogP contribution in [0, 0.1) is 0 Å². The van der Waals surface area contributed by atoms with Gasteiger partial charge in [0.2, 0.25) is 0 Å². The SMILES string of the molecule is O=C(O)C1=NN(c2ccc(-c3nc4c(ccc5c(O)cc(SOOO)cc54)[nH]3)cc2)C(=O)C1. The molecule has 0 saturated carbocycles. The molecule has 0 saturated heterocycles. The van der Waals surface area contributed by atoms with E-state index in [9.17, 15) is 14.7 Å². The summed E-state index contributed by atoms with van der Waals surface area (Å²) in [6, 6.07) is 13.6. The molecule has 11 nitrogen and oxygen atoms in total. The molecule has 0 bridgehead atoms. The Morgan fingerprint density at radius 3 is 2.61 bits per heavy atom. The van der Waals surface area contributed by atoms with Gasteiger partial charge in [-0.25, -0.2) is 15.0 Å². The number of aliphatic carboxylic acids is 1. The van der Waals surface area contributed by atoms with Gasteiger partial charge in [-0.05, 0) is 48.5 Å². The van der Waals surface area contributed by atoms with E-state index in [1.54, 1.807) is 42.5 Å². The van der Waals surface area contributed by atoms with Gasteiger partial charge < -0.3 is 15.2 Å². The fourth-order valence-corrected chi connectivity index (χ4v) is 4.05. The van der Waals surface area contributed by atoms with Crippen LogP contribution in [0.15, 0.2) is 58.5 Å². The predicted molar refractivity (Wildman–Crippen MR) is 119 cm³/mol. The summed E-state index contributed by atoms with van der Waals surface area (Å²) in [5, 5.41) is 37.6. The van der Waals surface area contributed by atoms with E-state index < -0.39 is 11.9 Å². The molecule has 4 aromatic rings. The monoisotopic (exact) mass is 466 g/mol. The summed E-state index contributed by atoms with van der Waals surface area (Å²) in [7, 11) is 0. The van der Waals surface area contributed by atoms with Crippen LogP contribution in [-0.2, 0) is 19.0 Å². The largest absolute Gasteiger partial charge is 0.507 e. The molecule has 1 aliphatic rings. The van der Waals surface area contributed by atoms with E-state index in [0.29, 0.717) is 32.7 Å². The molecule has 33 heavy (non-hydrogen) atoms. The van der Waals surface area contributed by atoms with E-state index >= 15 is 0 Å². The third-order valence-electron chi connectivity index (χ3n) is 5.10. The number of aromatic hydroxyl groups is 1. The van der Waals surface area contributed by atoms with Crippen LogP contribution in [0.2, 0.25) is 0 Å². The first-order chi connectivity index (χ1) is 15.9. The number of benzene rings is 3. The van der Waals surface area contributed by atoms with Gasteiger partial charge in [0.25, 0.3) is 5.91 Å². The van der Waals surface area contributed by atoms with E-state index in [2.05, 4.69) is 24.4 Å². The Kier molecular flexibility index (Phi) is 5.18. The summed E-state index contributed by atoms with van der Waals surface area (Å²) in [6.45, 7) is 0. The molecule has 0 unspecified atom stereocenters. The lowest BCUT2D eigenvalue weighted by Gasteiger charge is -2.11. The van der Waals surface area contributed by atoms with Crippen molar-refractivity contribution in [2.45, 2.75) is 11.3 Å². The number of phenolic OH excluding ortho intramolecular Hbond substituents is 1. The number of nitrogens with zero attached hydrogens (tertiary/aromatic N) is 3. The van der Waals surface area contributed by atoms with Gasteiger partial charge in [-0.1, -0.05) is 5.04 Å². The number of hydrazone groups is 1. The Hall–Kier alpha value is -3.97. The van der Waals surface area contributed by atoms with Gasteiger partial charge in [0.05, 0.1) is 35.2 Å². The zero-order valence-corrected chi connectivity index (χ0v) is 17.4. The lowest BCUT2D eigenvalue weighted by Crippen LogP contribution is -2.19. The molecular weight excluding hydrogens is 452 g/mol. The number of carboxylic acids is 1. The van der Waals surface area contributed by atoms with Crippen molar-refractivity contribution in [2.75, 3.05) is 5.01 Å². The highest BCUT2D eigenvalue weighted by molar-refractivity contribution is 7.94. The summed E-state index contributed by atoms with van der Waals surface area (Å²) >= 11 is 0.727. The fraction of sp³-hybridized carbons (Fsp3) is 0.0476. The number of phenols is 1. The van der Waals surface area contributed by atoms with Crippen molar-refractivity contribution in [3.63, 3.8) is 0 Å². The molecule has 4 N–H and O–H groups in total. The molecule has 2 heterocycles. The van der Waals surface area contributed by atoms with E-state index in [1.807, 2.05) is 0 Å². The quantitative estimate of drug-likeness (QED) is 0.189. The van der Waals surface area contributed by atoms with Crippen molar-refractivity contribution >= 4 is 57.1 Å². The van der Waals surface area contributed by atoms with Crippen molar-refractivity contribution < 1.29 is 34.4 Å². The summed E-state index contributed by atoms with van der Waals surface area (Å²) in [6.07, 6.45) is -0.254. The number of anilines is 1. The van der Waals surface area contributed by atoms with Crippen molar-refractivity contribution in [1.82, 2.24) is 9.97 Å². The Labute approximate surface area is 188 Å². The number of hydrogen-bond donors (Lipinski definition) is 4. The summed E-state index contributed by atoms with van der Waals surface area (Å²) < 4.78 is 4.45. The molecular formula is C21H14N4O7S. The van der Waals surface area contributed by atoms with Gasteiger partial charge in [0, 0.05) is 21.2 Å². The number of aromatic nitrogens is 2. The average molecular weight is 466 g/mol. The maximum atomic E-state index is 12.1. The number of rotatable bonds is 6. The van der Waals surface area contributed by atoms with Crippen LogP contribution in [-0.4, -0.2) is 43.0 Å². The number of amides is 1. The molecule has 12 heteroatoms. The Balaban J connectivity index is 1.51. The van der Waals surface area contributed by atoms with Crippen molar-refractivity contribution in [3.05, 3.63) is 48.5 Å². The summed E-state index contributed by atoms with van der Waals surface area (Å²) in [5.74, 6) is -1.07. The Morgan fingerprint density at radius 2 is 1.91 bits per heavy atom. The number of imidazole rings is 1. The standard InChI is InChI=1S/C21H14N4O7S/c26-17-8-12(33-32-31-30)7-14-13(17)5-6-15-19(14)23-20(22-15)10-1-3-11(4-2-10)25-18(27)9-16(24-25)21(28)29/h1-8,26,30H,9H2,(H,22,23)(H,28,29). The number of hydrogen-bond acceptors (Lipinski definition) is 9. The van der Waals surface area contributed by atoms with Gasteiger partial charge in [-0.3, -0.25) is 4.79 Å². The van der Waals surface area contributed by atoms with Gasteiger partial charge in [0.15, 0.2) is 5.71 Å². The van der Waals surface area contributed by atoms with E-state index in [4.69, 9.17) is 10.4 Å². The van der Waals surface area contributed by atoms with E-state index in [-0.39, 0.29) is 17.9 Å². The lowest BCUT2D eigenvalue weighted by molar-refractivity contribution is -0.432. The number of carbonyl (C=O) groups excluding carboxylic acids is 1. The van der Waals surface area contributed by atoms with Gasteiger partial charge in [0.1, 0.15) is 11.6 Å². The molecule has 166 valence electrons. The van der Waals surface area contributed by atoms with E-state index in [1.165, 1.54) is 6.07 Å². The maximum Gasteiger partial charge on any atom is 0.352 e. The second-order valence-electron chi connectivity index (χ2n) is 7.09. The zero-order chi connectivity index (χ0) is 23.1. The topological polar surface area (TPSA) is 158 Å². The highest BCUT2D eigenvalue weighted by atomic mass is 32.2. The van der Waals surface area contributed by atoms with Crippen LogP contribution in [0.3, 0.4) is 0 Å². The molecule has 0 aliphatic carbocycles. The number of nitrogens with one attached hydrogen (secondary N) is 1. The van der Waals surface area contributed by atoms with Crippen molar-refractivity contribution in [2.24, 2.45) is 5.10 Å². The number of fused-ring (bicyclic) bond motifs is 3. The van der Waals surface area contributed by atoms with Crippen LogP contribution in [0.5, 0.6) is 5.75 Å². The fourth-order valence-electron chi connectivity index (χ4n) is 3.61. The molecule has 0 atom stereocenters. The zero-order valence-electron chi connectivity index (χ0n) is 16.6. The molecule has 0 spiro atoms. The highest BCUT2D eigenvalue weighted by Gasteiger charge is 2.29. The average Bonchev–Trinajstić information content (AvgIpc) is 3.42. The maximum absolute atomic E-state index is 12.1. The normalized spacial score (nSPS) is 13.8. The van der Waals surface area contributed by atoms with Crippen LogP contribution >= 0.6 is 12.0 Å². The summed E-state index contributed by atoms with van der Waals surface area (Å²) in [4.78, 5) is 31.5. The van der Waals surface area contributed by atoms with Crippen LogP contribution < -0.4 is 5.01 Å². The second-order valence-corrected chi connectivity index (χ2v) is 7.87. The van der Waals surface area contributed by atoms with Crippen LogP contribution in [0.25, 0.3) is 33.2 Å². The first-order valence-corrected chi connectivity index (χ1v) is 10.2. The van der Waals surface area contributed by atoms with Gasteiger partial charge in [-0.15, -0.1) is 4.33 Å². The number of H-pyrrole nitrogens is 1. The van der Waals surface area contributed by atoms with Crippen LogP contribution in [0.4, 0.5) is 5.69 Å². The predicted octanol–water partition coefficient (Wildman–Crippen LogP) is 3.69. The first-order valence-electron chi connectivity index (χ1n) is 9.49. The third kappa shape index (κ3) is 3.76. The Bertz CT molecular complexity index is 1450.